The second-order valence-corrected chi connectivity index (χ2v) is 7.21. The Balaban J connectivity index is 2.00. The average Bonchev–Trinajstić information content (AvgIpc) is 3.06. The van der Waals surface area contributed by atoms with Crippen LogP contribution in [-0.2, 0) is 4.74 Å². The zero-order valence-electron chi connectivity index (χ0n) is 12.7. The molecule has 0 aromatic rings. The van der Waals surface area contributed by atoms with Crippen LogP contribution in [0.4, 0.5) is 0 Å². The van der Waals surface area contributed by atoms with Gasteiger partial charge >= 0.3 is 0 Å². The van der Waals surface area contributed by atoms with Crippen LogP contribution in [0.2, 0.25) is 0 Å². The normalized spacial score (nSPS) is 32.7. The third kappa shape index (κ3) is 3.48. The van der Waals surface area contributed by atoms with Gasteiger partial charge in [0, 0.05) is 24.6 Å². The molecule has 2 rings (SSSR count). The lowest BCUT2D eigenvalue weighted by molar-refractivity contribution is 0.0233. The molecule has 0 aromatic heterocycles. The molecule has 2 aliphatic rings. The summed E-state index contributed by atoms with van der Waals surface area (Å²) in [6.07, 6.45) is 7.28. The minimum absolute atomic E-state index is 0.426. The minimum Gasteiger partial charge on any atom is -0.377 e. The van der Waals surface area contributed by atoms with Crippen molar-refractivity contribution in [2.24, 2.45) is 17.3 Å². The van der Waals surface area contributed by atoms with Gasteiger partial charge in [-0.1, -0.05) is 34.1 Å². The molecule has 0 spiro atoms. The lowest BCUT2D eigenvalue weighted by Gasteiger charge is -2.36. The van der Waals surface area contributed by atoms with Crippen molar-refractivity contribution in [3.8, 4) is 0 Å². The molecular formula is C16H31NO. The van der Waals surface area contributed by atoms with Crippen LogP contribution in [0.15, 0.2) is 0 Å². The molecule has 2 heteroatoms. The highest BCUT2D eigenvalue weighted by molar-refractivity contribution is 5.00. The van der Waals surface area contributed by atoms with Crippen LogP contribution in [0.3, 0.4) is 0 Å². The van der Waals surface area contributed by atoms with Gasteiger partial charge < -0.3 is 10.1 Å². The fraction of sp³-hybridized carbons (Fsp3) is 1.00. The Labute approximate surface area is 113 Å². The highest BCUT2D eigenvalue weighted by Crippen LogP contribution is 2.50. The molecule has 1 saturated carbocycles. The van der Waals surface area contributed by atoms with Crippen molar-refractivity contribution in [2.75, 3.05) is 13.2 Å². The molecule has 2 nitrogen and oxygen atoms in total. The topological polar surface area (TPSA) is 21.3 Å². The maximum atomic E-state index is 6.12. The fourth-order valence-electron chi connectivity index (χ4n) is 3.27. The predicted octanol–water partition coefficient (Wildman–Crippen LogP) is 3.61. The van der Waals surface area contributed by atoms with Crippen molar-refractivity contribution in [1.82, 2.24) is 5.32 Å². The van der Waals surface area contributed by atoms with E-state index in [-0.39, 0.29) is 0 Å². The van der Waals surface area contributed by atoms with E-state index in [1.807, 2.05) is 0 Å². The van der Waals surface area contributed by atoms with Gasteiger partial charge in [-0.3, -0.25) is 0 Å². The summed E-state index contributed by atoms with van der Waals surface area (Å²) >= 11 is 0. The van der Waals surface area contributed by atoms with E-state index < -0.39 is 0 Å². The van der Waals surface area contributed by atoms with Crippen molar-refractivity contribution in [3.63, 3.8) is 0 Å². The van der Waals surface area contributed by atoms with Gasteiger partial charge in [0.2, 0.25) is 0 Å². The smallest absolute Gasteiger partial charge is 0.0672 e. The second kappa shape index (κ2) is 5.92. The maximum absolute atomic E-state index is 6.12. The van der Waals surface area contributed by atoms with Gasteiger partial charge in [0.25, 0.3) is 0 Å². The molecule has 1 saturated heterocycles. The summed E-state index contributed by atoms with van der Waals surface area (Å²) in [5, 5.41) is 3.68. The molecule has 2 atom stereocenters. The highest BCUT2D eigenvalue weighted by atomic mass is 16.5. The van der Waals surface area contributed by atoms with Crippen molar-refractivity contribution in [3.05, 3.63) is 0 Å². The van der Waals surface area contributed by atoms with Crippen LogP contribution >= 0.6 is 0 Å². The summed E-state index contributed by atoms with van der Waals surface area (Å²) in [6.45, 7) is 11.3. The van der Waals surface area contributed by atoms with Gasteiger partial charge in [0.15, 0.2) is 0 Å². The van der Waals surface area contributed by atoms with Gasteiger partial charge in [-0.2, -0.15) is 0 Å². The summed E-state index contributed by atoms with van der Waals surface area (Å²) < 4.78 is 6.12. The third-order valence-corrected chi connectivity index (χ3v) is 4.63. The van der Waals surface area contributed by atoms with E-state index in [1.54, 1.807) is 0 Å². The van der Waals surface area contributed by atoms with Gasteiger partial charge in [-0.05, 0) is 37.5 Å². The number of hydrogen-bond donors (Lipinski definition) is 1. The first-order valence-electron chi connectivity index (χ1n) is 7.88. The number of hydrogen-bond acceptors (Lipinski definition) is 2. The lowest BCUT2D eigenvalue weighted by Crippen LogP contribution is -2.44. The SMILES string of the molecule is CC(C)CCC1(CNC(C)C)CCOC1C1CC1. The van der Waals surface area contributed by atoms with E-state index in [0.717, 1.165) is 25.0 Å². The van der Waals surface area contributed by atoms with Gasteiger partial charge in [-0.25, -0.2) is 0 Å². The van der Waals surface area contributed by atoms with Crippen molar-refractivity contribution < 1.29 is 4.74 Å². The molecule has 0 bridgehead atoms. The number of nitrogens with one attached hydrogen (secondary N) is 1. The number of ether oxygens (including phenoxy) is 1. The molecule has 0 radical (unpaired) electrons. The average molecular weight is 253 g/mol. The first-order chi connectivity index (χ1) is 8.53. The van der Waals surface area contributed by atoms with Crippen LogP contribution in [-0.4, -0.2) is 25.3 Å². The molecular weight excluding hydrogens is 222 g/mol. The molecule has 1 heterocycles. The van der Waals surface area contributed by atoms with Crippen LogP contribution in [0.1, 0.15) is 59.8 Å². The fourth-order valence-corrected chi connectivity index (χ4v) is 3.27. The summed E-state index contributed by atoms with van der Waals surface area (Å²) in [5.74, 6) is 1.68. The molecule has 2 fully saturated rings. The zero-order valence-corrected chi connectivity index (χ0v) is 12.7. The Bertz CT molecular complexity index is 246. The van der Waals surface area contributed by atoms with E-state index in [1.165, 1.54) is 32.1 Å². The quantitative estimate of drug-likeness (QED) is 0.748. The van der Waals surface area contributed by atoms with E-state index in [4.69, 9.17) is 4.74 Å². The van der Waals surface area contributed by atoms with E-state index in [2.05, 4.69) is 33.0 Å². The Morgan fingerprint density at radius 1 is 1.22 bits per heavy atom. The molecule has 0 amide bonds. The summed E-state index contributed by atoms with van der Waals surface area (Å²) in [5.41, 5.74) is 0.426. The Morgan fingerprint density at radius 3 is 2.50 bits per heavy atom. The van der Waals surface area contributed by atoms with E-state index in [0.29, 0.717) is 17.6 Å². The molecule has 2 unspecified atom stereocenters. The lowest BCUT2D eigenvalue weighted by atomic mass is 9.74. The van der Waals surface area contributed by atoms with Gasteiger partial charge in [0.05, 0.1) is 6.10 Å². The Kier molecular flexibility index (Phi) is 4.71. The standard InChI is InChI=1S/C16H31NO/c1-12(2)7-8-16(11-17-13(3)4)9-10-18-15(16)14-5-6-14/h12-15,17H,5-11H2,1-4H3. The van der Waals surface area contributed by atoms with E-state index in [9.17, 15) is 0 Å². The Hall–Kier alpha value is -0.0800. The third-order valence-electron chi connectivity index (χ3n) is 4.63. The van der Waals surface area contributed by atoms with E-state index >= 15 is 0 Å². The first-order valence-corrected chi connectivity index (χ1v) is 7.88. The molecule has 0 aromatic carbocycles. The minimum atomic E-state index is 0.426. The molecule has 1 aliphatic carbocycles. The summed E-state index contributed by atoms with van der Waals surface area (Å²) in [4.78, 5) is 0. The largest absolute Gasteiger partial charge is 0.377 e. The molecule has 1 aliphatic heterocycles. The molecule has 18 heavy (non-hydrogen) atoms. The van der Waals surface area contributed by atoms with Crippen molar-refractivity contribution >= 4 is 0 Å². The van der Waals surface area contributed by atoms with Gasteiger partial charge in [-0.15, -0.1) is 0 Å². The van der Waals surface area contributed by atoms with Crippen molar-refractivity contribution in [2.45, 2.75) is 71.9 Å². The van der Waals surface area contributed by atoms with Crippen LogP contribution in [0, 0.1) is 17.3 Å². The van der Waals surface area contributed by atoms with Crippen LogP contribution in [0.25, 0.3) is 0 Å². The maximum Gasteiger partial charge on any atom is 0.0672 e. The number of rotatable bonds is 7. The predicted molar refractivity (Wildman–Crippen MR) is 76.7 cm³/mol. The summed E-state index contributed by atoms with van der Waals surface area (Å²) in [6, 6.07) is 0.585. The van der Waals surface area contributed by atoms with Crippen molar-refractivity contribution in [1.29, 1.82) is 0 Å². The zero-order chi connectivity index (χ0) is 13.2. The highest BCUT2D eigenvalue weighted by Gasteiger charge is 2.50. The first kappa shape index (κ1) is 14.3. The molecule has 106 valence electrons. The molecule has 1 N–H and O–H groups in total. The van der Waals surface area contributed by atoms with Crippen LogP contribution in [0.5, 0.6) is 0 Å². The monoisotopic (exact) mass is 253 g/mol. The summed E-state index contributed by atoms with van der Waals surface area (Å²) in [7, 11) is 0. The van der Waals surface area contributed by atoms with Crippen LogP contribution < -0.4 is 5.32 Å². The second-order valence-electron chi connectivity index (χ2n) is 7.21. The Morgan fingerprint density at radius 2 is 1.94 bits per heavy atom. The van der Waals surface area contributed by atoms with Gasteiger partial charge in [0.1, 0.15) is 0 Å².